The predicted octanol–water partition coefficient (Wildman–Crippen LogP) is 2.81. The van der Waals surface area contributed by atoms with Crippen molar-refractivity contribution in [3.63, 3.8) is 0 Å². The van der Waals surface area contributed by atoms with Gasteiger partial charge in [-0.05, 0) is 44.5 Å². The van der Waals surface area contributed by atoms with Crippen LogP contribution in [0, 0.1) is 5.92 Å². The molecule has 1 aliphatic heterocycles. The van der Waals surface area contributed by atoms with E-state index in [0.717, 1.165) is 44.6 Å². The molecule has 1 amide bonds. The molecule has 1 heterocycles. The Balaban J connectivity index is 0.000000534. The Bertz CT molecular complexity index is 882. The van der Waals surface area contributed by atoms with Crippen LogP contribution in [-0.4, -0.2) is 62.6 Å². The summed E-state index contributed by atoms with van der Waals surface area (Å²) < 4.78 is 0. The molecule has 3 N–H and O–H groups in total. The van der Waals surface area contributed by atoms with Gasteiger partial charge in [-0.3, -0.25) is 9.69 Å². The number of piperidine rings is 1. The van der Waals surface area contributed by atoms with Crippen LogP contribution in [0.2, 0.25) is 0 Å². The van der Waals surface area contributed by atoms with Crippen LogP contribution in [0.15, 0.2) is 54.6 Å². The Labute approximate surface area is 187 Å². The molecule has 0 spiro atoms. The first kappa shape index (κ1) is 24.9. The number of carboxylic acids is 2. The third kappa shape index (κ3) is 7.70. The summed E-state index contributed by atoms with van der Waals surface area (Å²) in [6, 6.07) is 17.7. The zero-order chi connectivity index (χ0) is 23.5. The number of rotatable bonds is 6. The number of aliphatic carboxylic acids is 2. The molecular formula is C24H30N2O6. The molecule has 1 aliphatic rings. The van der Waals surface area contributed by atoms with E-state index in [1.54, 1.807) is 6.07 Å². The first-order valence-electron chi connectivity index (χ1n) is 10.6. The summed E-state index contributed by atoms with van der Waals surface area (Å²) in [6.07, 6.45) is 1.77. The molecule has 3 rings (SSSR count). The van der Waals surface area contributed by atoms with Crippen LogP contribution >= 0.6 is 0 Å². The highest BCUT2D eigenvalue weighted by Gasteiger charge is 2.28. The molecule has 0 bridgehead atoms. The van der Waals surface area contributed by atoms with Gasteiger partial charge in [0.1, 0.15) is 5.75 Å². The second-order valence-corrected chi connectivity index (χ2v) is 7.63. The van der Waals surface area contributed by atoms with Crippen molar-refractivity contribution in [2.45, 2.75) is 32.9 Å². The number of aromatic hydroxyl groups is 1. The molecule has 0 saturated carbocycles. The smallest absolute Gasteiger partial charge is 0.414 e. The molecule has 8 nitrogen and oxygen atoms in total. The number of para-hydroxylation sites is 1. The second kappa shape index (κ2) is 12.5. The minimum Gasteiger partial charge on any atom is -0.508 e. The Morgan fingerprint density at radius 2 is 1.50 bits per heavy atom. The third-order valence-electron chi connectivity index (χ3n) is 5.41. The van der Waals surface area contributed by atoms with Gasteiger partial charge in [-0.2, -0.15) is 0 Å². The Kier molecular flexibility index (Phi) is 9.69. The molecule has 0 radical (unpaired) electrons. The molecule has 2 aromatic carbocycles. The van der Waals surface area contributed by atoms with Crippen molar-refractivity contribution < 1.29 is 29.7 Å². The van der Waals surface area contributed by atoms with Gasteiger partial charge in [0.25, 0.3) is 0 Å². The largest absolute Gasteiger partial charge is 0.508 e. The van der Waals surface area contributed by atoms with Crippen molar-refractivity contribution in [3.8, 4) is 5.75 Å². The van der Waals surface area contributed by atoms with Crippen molar-refractivity contribution in [2.24, 2.45) is 5.92 Å². The van der Waals surface area contributed by atoms with E-state index < -0.39 is 11.9 Å². The summed E-state index contributed by atoms with van der Waals surface area (Å²) in [7, 11) is 0. The van der Waals surface area contributed by atoms with Gasteiger partial charge < -0.3 is 20.2 Å². The van der Waals surface area contributed by atoms with Crippen molar-refractivity contribution in [1.82, 2.24) is 9.80 Å². The normalized spacial score (nSPS) is 14.2. The number of carbonyl (C=O) groups excluding carboxylic acids is 1. The van der Waals surface area contributed by atoms with E-state index >= 15 is 0 Å². The standard InChI is InChI=1S/C22H28N2O2.C2H2O4/c1-2-24(16-18-8-4-3-5-9-18)22(26)19-12-14-23(15-13-19)17-20-10-6-7-11-21(20)25;3-1(4)2(5)6/h3-11,19,25H,2,12-17H2,1H3;(H,3,4)(H,5,6). The molecule has 32 heavy (non-hydrogen) atoms. The molecule has 172 valence electrons. The van der Waals surface area contributed by atoms with Gasteiger partial charge in [-0.15, -0.1) is 0 Å². The lowest BCUT2D eigenvalue weighted by molar-refractivity contribution is -0.159. The fourth-order valence-electron chi connectivity index (χ4n) is 3.63. The van der Waals surface area contributed by atoms with E-state index in [0.29, 0.717) is 12.3 Å². The molecule has 0 atom stereocenters. The van der Waals surface area contributed by atoms with E-state index in [9.17, 15) is 9.90 Å². The zero-order valence-corrected chi connectivity index (χ0v) is 18.2. The molecule has 2 aromatic rings. The number of carbonyl (C=O) groups is 3. The summed E-state index contributed by atoms with van der Waals surface area (Å²) in [5, 5.41) is 24.7. The first-order valence-corrected chi connectivity index (χ1v) is 10.6. The summed E-state index contributed by atoms with van der Waals surface area (Å²) in [5.41, 5.74) is 2.14. The van der Waals surface area contributed by atoms with E-state index in [1.165, 1.54) is 5.56 Å². The number of hydrogen-bond acceptors (Lipinski definition) is 5. The lowest BCUT2D eigenvalue weighted by atomic mass is 9.94. The van der Waals surface area contributed by atoms with Crippen molar-refractivity contribution >= 4 is 17.8 Å². The molecule has 8 heteroatoms. The van der Waals surface area contributed by atoms with Gasteiger partial charge in [0, 0.05) is 31.1 Å². The first-order chi connectivity index (χ1) is 15.3. The maximum absolute atomic E-state index is 12.9. The van der Waals surface area contributed by atoms with Crippen LogP contribution in [0.25, 0.3) is 0 Å². The van der Waals surface area contributed by atoms with Gasteiger partial charge in [0.2, 0.25) is 5.91 Å². The quantitative estimate of drug-likeness (QED) is 0.589. The summed E-state index contributed by atoms with van der Waals surface area (Å²) in [5.74, 6) is -2.91. The van der Waals surface area contributed by atoms with E-state index in [-0.39, 0.29) is 11.8 Å². The number of nitrogens with zero attached hydrogens (tertiary/aromatic N) is 2. The molecule has 1 fully saturated rings. The van der Waals surface area contributed by atoms with E-state index in [4.69, 9.17) is 19.8 Å². The zero-order valence-electron chi connectivity index (χ0n) is 18.2. The van der Waals surface area contributed by atoms with Crippen LogP contribution in [0.3, 0.4) is 0 Å². The van der Waals surface area contributed by atoms with Crippen LogP contribution in [0.5, 0.6) is 5.75 Å². The minimum absolute atomic E-state index is 0.110. The van der Waals surface area contributed by atoms with Gasteiger partial charge in [0.05, 0.1) is 0 Å². The number of phenols is 1. The van der Waals surface area contributed by atoms with Crippen LogP contribution in [0.1, 0.15) is 30.9 Å². The van der Waals surface area contributed by atoms with Crippen molar-refractivity contribution in [3.05, 3.63) is 65.7 Å². The Hall–Kier alpha value is -3.39. The Morgan fingerprint density at radius 1 is 0.938 bits per heavy atom. The maximum atomic E-state index is 12.9. The molecule has 0 unspecified atom stereocenters. The summed E-state index contributed by atoms with van der Waals surface area (Å²) in [4.78, 5) is 35.4. The Morgan fingerprint density at radius 3 is 2.03 bits per heavy atom. The molecule has 0 aliphatic carbocycles. The number of phenolic OH excluding ortho intramolecular Hbond substituents is 1. The lowest BCUT2D eigenvalue weighted by Crippen LogP contribution is -2.42. The number of carboxylic acid groups (broad SMARTS) is 2. The number of likely N-dealkylation sites (tertiary alicyclic amines) is 1. The van der Waals surface area contributed by atoms with Gasteiger partial charge in [-0.25, -0.2) is 9.59 Å². The number of hydrogen-bond donors (Lipinski definition) is 3. The molecule has 0 aromatic heterocycles. The maximum Gasteiger partial charge on any atom is 0.414 e. The number of amides is 1. The highest BCUT2D eigenvalue weighted by Crippen LogP contribution is 2.24. The molecule has 1 saturated heterocycles. The predicted molar refractivity (Wildman–Crippen MR) is 119 cm³/mol. The van der Waals surface area contributed by atoms with Crippen LogP contribution in [-0.2, 0) is 27.5 Å². The average molecular weight is 443 g/mol. The molecular weight excluding hydrogens is 412 g/mol. The monoisotopic (exact) mass is 442 g/mol. The van der Waals surface area contributed by atoms with Crippen LogP contribution in [0.4, 0.5) is 0 Å². The van der Waals surface area contributed by atoms with Crippen LogP contribution < -0.4 is 0 Å². The summed E-state index contributed by atoms with van der Waals surface area (Å²) in [6.45, 7) is 6.02. The minimum atomic E-state index is -1.82. The SMILES string of the molecule is CCN(Cc1ccccc1)C(=O)C1CCN(Cc2ccccc2O)CC1.O=C(O)C(=O)O. The van der Waals surface area contributed by atoms with E-state index in [1.807, 2.05) is 48.2 Å². The fourth-order valence-corrected chi connectivity index (χ4v) is 3.63. The highest BCUT2D eigenvalue weighted by molar-refractivity contribution is 6.27. The van der Waals surface area contributed by atoms with E-state index in [2.05, 4.69) is 17.0 Å². The fraction of sp³-hybridized carbons (Fsp3) is 0.375. The second-order valence-electron chi connectivity index (χ2n) is 7.63. The van der Waals surface area contributed by atoms with Gasteiger partial charge in [-0.1, -0.05) is 48.5 Å². The third-order valence-corrected chi connectivity index (χ3v) is 5.41. The topological polar surface area (TPSA) is 118 Å². The number of benzene rings is 2. The summed E-state index contributed by atoms with van der Waals surface area (Å²) >= 11 is 0. The van der Waals surface area contributed by atoms with Gasteiger partial charge in [0.15, 0.2) is 0 Å². The van der Waals surface area contributed by atoms with Gasteiger partial charge >= 0.3 is 11.9 Å². The average Bonchev–Trinajstić information content (AvgIpc) is 2.80. The van der Waals surface area contributed by atoms with Crippen molar-refractivity contribution in [1.29, 1.82) is 0 Å². The lowest BCUT2D eigenvalue weighted by Gasteiger charge is -2.34. The van der Waals surface area contributed by atoms with Crippen molar-refractivity contribution in [2.75, 3.05) is 19.6 Å². The highest BCUT2D eigenvalue weighted by atomic mass is 16.4.